The minimum absolute atomic E-state index is 0.159. The molecule has 0 fully saturated rings. The van der Waals surface area contributed by atoms with Gasteiger partial charge in [-0.1, -0.05) is 0 Å². The fourth-order valence-corrected chi connectivity index (χ4v) is 1.43. The predicted molar refractivity (Wildman–Crippen MR) is 70.1 cm³/mol. The van der Waals surface area contributed by atoms with Gasteiger partial charge in [0.2, 0.25) is 0 Å². The number of nitrogens with zero attached hydrogens (tertiary/aromatic N) is 3. The molecule has 8 nitrogen and oxygen atoms in total. The number of aromatic nitrogens is 3. The summed E-state index contributed by atoms with van der Waals surface area (Å²) in [5.41, 5.74) is 1.41. The molecular weight excluding hydrogens is 323 g/mol. The maximum absolute atomic E-state index is 10.8. The first kappa shape index (κ1) is 18.4. The van der Waals surface area contributed by atoms with Crippen LogP contribution in [0.15, 0.2) is 18.6 Å². The summed E-state index contributed by atoms with van der Waals surface area (Å²) in [7, 11) is 1.61. The lowest BCUT2D eigenvalue weighted by molar-refractivity contribution is -0.192. The van der Waals surface area contributed by atoms with Gasteiger partial charge in [0.05, 0.1) is 24.0 Å². The average Bonchev–Trinajstić information content (AvgIpc) is 2.86. The van der Waals surface area contributed by atoms with Crippen molar-refractivity contribution >= 4 is 23.1 Å². The summed E-state index contributed by atoms with van der Waals surface area (Å²) in [6.45, 7) is 1.17. The number of rotatable bonds is 4. The maximum atomic E-state index is 10.8. The lowest BCUT2D eigenvalue weighted by Gasteiger charge is -2.02. The molecule has 0 atom stereocenters. The standard InChI is InChI=1S/C10H11N3O3.C2HF3O2/c1-16-3-2-13-6-12-9-8(13)4-7(5-11-9)10(14)15;3-2(4,5)1(6)7/h4-6H,2-3H2,1H3,(H,14,15);(H,6,7). The minimum Gasteiger partial charge on any atom is -0.478 e. The van der Waals surface area contributed by atoms with Crippen molar-refractivity contribution in [2.75, 3.05) is 13.7 Å². The van der Waals surface area contributed by atoms with Crippen molar-refractivity contribution in [3.05, 3.63) is 24.2 Å². The first-order valence-electron chi connectivity index (χ1n) is 6.00. The molecule has 2 aromatic heterocycles. The van der Waals surface area contributed by atoms with E-state index in [1.807, 2.05) is 4.57 Å². The summed E-state index contributed by atoms with van der Waals surface area (Å²) >= 11 is 0. The predicted octanol–water partition coefficient (Wildman–Crippen LogP) is 1.41. The van der Waals surface area contributed by atoms with Gasteiger partial charge in [0.15, 0.2) is 5.65 Å². The van der Waals surface area contributed by atoms with E-state index >= 15 is 0 Å². The number of fused-ring (bicyclic) bond motifs is 1. The van der Waals surface area contributed by atoms with Gasteiger partial charge < -0.3 is 19.5 Å². The number of aliphatic carboxylic acids is 1. The average molecular weight is 335 g/mol. The van der Waals surface area contributed by atoms with Gasteiger partial charge in [0.25, 0.3) is 0 Å². The fourth-order valence-electron chi connectivity index (χ4n) is 1.43. The first-order chi connectivity index (χ1) is 10.7. The van der Waals surface area contributed by atoms with Gasteiger partial charge in [-0.25, -0.2) is 19.6 Å². The molecule has 0 bridgehead atoms. The molecule has 2 aromatic rings. The Labute approximate surface area is 127 Å². The third-order valence-corrected chi connectivity index (χ3v) is 2.50. The van der Waals surface area contributed by atoms with E-state index in [0.717, 1.165) is 0 Å². The molecule has 0 saturated carbocycles. The van der Waals surface area contributed by atoms with Crippen LogP contribution in [0.5, 0.6) is 0 Å². The van der Waals surface area contributed by atoms with Crippen LogP contribution in [0.4, 0.5) is 13.2 Å². The maximum Gasteiger partial charge on any atom is 0.490 e. The first-order valence-corrected chi connectivity index (χ1v) is 6.00. The van der Waals surface area contributed by atoms with Crippen LogP contribution in [0.1, 0.15) is 10.4 Å². The number of carbonyl (C=O) groups is 2. The monoisotopic (exact) mass is 335 g/mol. The molecule has 23 heavy (non-hydrogen) atoms. The van der Waals surface area contributed by atoms with Crippen molar-refractivity contribution < 1.29 is 37.7 Å². The molecular formula is C12H12F3N3O5. The van der Waals surface area contributed by atoms with E-state index in [1.165, 1.54) is 6.20 Å². The normalized spacial score (nSPS) is 11.0. The Morgan fingerprint density at radius 3 is 2.39 bits per heavy atom. The van der Waals surface area contributed by atoms with E-state index in [9.17, 15) is 18.0 Å². The van der Waals surface area contributed by atoms with E-state index < -0.39 is 18.1 Å². The van der Waals surface area contributed by atoms with Crippen LogP contribution in [0.2, 0.25) is 0 Å². The lowest BCUT2D eigenvalue weighted by atomic mass is 10.3. The number of aromatic carboxylic acids is 1. The van der Waals surface area contributed by atoms with Crippen LogP contribution in [-0.2, 0) is 16.1 Å². The Hall–Kier alpha value is -2.69. The third kappa shape index (κ3) is 5.21. The molecule has 2 N–H and O–H groups in total. The number of carboxylic acid groups (broad SMARTS) is 2. The molecule has 0 spiro atoms. The van der Waals surface area contributed by atoms with Gasteiger partial charge in [-0.3, -0.25) is 0 Å². The summed E-state index contributed by atoms with van der Waals surface area (Å²) in [4.78, 5) is 27.7. The number of methoxy groups -OCH3 is 1. The summed E-state index contributed by atoms with van der Waals surface area (Å²) in [5.74, 6) is -3.75. The molecule has 0 unspecified atom stereocenters. The third-order valence-electron chi connectivity index (χ3n) is 2.50. The Morgan fingerprint density at radius 1 is 1.30 bits per heavy atom. The number of halogens is 3. The van der Waals surface area contributed by atoms with Gasteiger partial charge in [0, 0.05) is 19.9 Å². The zero-order chi connectivity index (χ0) is 17.6. The van der Waals surface area contributed by atoms with Crippen molar-refractivity contribution in [2.24, 2.45) is 0 Å². The zero-order valence-corrected chi connectivity index (χ0v) is 11.7. The quantitative estimate of drug-likeness (QED) is 0.868. The molecule has 126 valence electrons. The second-order valence-electron chi connectivity index (χ2n) is 4.11. The van der Waals surface area contributed by atoms with Crippen molar-refractivity contribution in [3.63, 3.8) is 0 Å². The SMILES string of the molecule is COCCn1cnc2ncc(C(=O)O)cc21.O=C(O)C(F)(F)F. The highest BCUT2D eigenvalue weighted by molar-refractivity contribution is 5.90. The molecule has 0 aliphatic rings. The highest BCUT2D eigenvalue weighted by Crippen LogP contribution is 2.13. The summed E-state index contributed by atoms with van der Waals surface area (Å²) < 4.78 is 38.5. The van der Waals surface area contributed by atoms with Gasteiger partial charge >= 0.3 is 18.1 Å². The number of carboxylic acids is 2. The van der Waals surface area contributed by atoms with E-state index in [4.69, 9.17) is 19.7 Å². The van der Waals surface area contributed by atoms with Crippen LogP contribution >= 0.6 is 0 Å². The Balaban J connectivity index is 0.000000322. The zero-order valence-electron chi connectivity index (χ0n) is 11.7. The Kier molecular flexibility index (Phi) is 6.02. The number of pyridine rings is 1. The van der Waals surface area contributed by atoms with E-state index in [0.29, 0.717) is 24.3 Å². The van der Waals surface area contributed by atoms with Crippen molar-refractivity contribution in [3.8, 4) is 0 Å². The van der Waals surface area contributed by atoms with Gasteiger partial charge in [-0.2, -0.15) is 13.2 Å². The topological polar surface area (TPSA) is 115 Å². The minimum atomic E-state index is -5.08. The number of hydrogen-bond acceptors (Lipinski definition) is 5. The fraction of sp³-hybridized carbons (Fsp3) is 0.333. The van der Waals surface area contributed by atoms with Gasteiger partial charge in [0.1, 0.15) is 0 Å². The molecule has 2 rings (SSSR count). The molecule has 0 aromatic carbocycles. The number of ether oxygens (including phenoxy) is 1. The van der Waals surface area contributed by atoms with E-state index in [1.54, 1.807) is 19.5 Å². The lowest BCUT2D eigenvalue weighted by Crippen LogP contribution is -2.21. The molecule has 0 aliphatic heterocycles. The molecule has 11 heteroatoms. The summed E-state index contributed by atoms with van der Waals surface area (Å²) in [6, 6.07) is 1.56. The highest BCUT2D eigenvalue weighted by atomic mass is 19.4. The highest BCUT2D eigenvalue weighted by Gasteiger charge is 2.38. The van der Waals surface area contributed by atoms with Gasteiger partial charge in [-0.15, -0.1) is 0 Å². The number of hydrogen-bond donors (Lipinski definition) is 2. The van der Waals surface area contributed by atoms with Crippen LogP contribution in [0.25, 0.3) is 11.2 Å². The molecule has 0 amide bonds. The van der Waals surface area contributed by atoms with E-state index in [-0.39, 0.29) is 5.56 Å². The molecule has 0 aliphatic carbocycles. The van der Waals surface area contributed by atoms with Crippen LogP contribution in [0.3, 0.4) is 0 Å². The van der Waals surface area contributed by atoms with Crippen LogP contribution in [-0.4, -0.2) is 56.6 Å². The molecule has 0 saturated heterocycles. The van der Waals surface area contributed by atoms with Crippen molar-refractivity contribution in [1.82, 2.24) is 14.5 Å². The second-order valence-corrected chi connectivity index (χ2v) is 4.11. The van der Waals surface area contributed by atoms with E-state index in [2.05, 4.69) is 9.97 Å². The second kappa shape index (κ2) is 7.54. The summed E-state index contributed by atoms with van der Waals surface area (Å²) in [5, 5.41) is 16.0. The van der Waals surface area contributed by atoms with Crippen molar-refractivity contribution in [2.45, 2.75) is 12.7 Å². The van der Waals surface area contributed by atoms with Gasteiger partial charge in [-0.05, 0) is 6.07 Å². The van der Waals surface area contributed by atoms with Crippen LogP contribution < -0.4 is 0 Å². The molecule has 2 heterocycles. The molecule has 0 radical (unpaired) electrons. The largest absolute Gasteiger partial charge is 0.490 e. The van der Waals surface area contributed by atoms with Crippen LogP contribution in [0, 0.1) is 0 Å². The number of alkyl halides is 3. The Morgan fingerprint density at radius 2 is 1.91 bits per heavy atom. The number of imidazole rings is 1. The smallest absolute Gasteiger partial charge is 0.478 e. The van der Waals surface area contributed by atoms with Crippen molar-refractivity contribution in [1.29, 1.82) is 0 Å². The Bertz CT molecular complexity index is 699. The summed E-state index contributed by atoms with van der Waals surface area (Å²) in [6.07, 6.45) is -2.15.